The van der Waals surface area contributed by atoms with Gasteiger partial charge >= 0.3 is 17.9 Å². The average Bonchev–Trinajstić information content (AvgIpc) is 3.39. The van der Waals surface area contributed by atoms with E-state index in [0.717, 1.165) is 103 Å². The molecule has 6 nitrogen and oxygen atoms in total. The van der Waals surface area contributed by atoms with Gasteiger partial charge in [-0.3, -0.25) is 14.4 Å². The SMILES string of the molecule is CC/C=C\C/C=C\C/C=C\C/C=C\C/C=C\CCCC(=O)OC[C@H](COC(=O)CCCCCCCCCCC/C=C\C/C=C\CCCCC)OC(=O)CCCCC/C=C\C/C=C\C/C=C\C/C=C\CCCCC. The van der Waals surface area contributed by atoms with Gasteiger partial charge in [0.2, 0.25) is 0 Å². The molecule has 0 heterocycles. The highest BCUT2D eigenvalue weighted by atomic mass is 16.6. The molecule has 0 rings (SSSR count). The molecule has 0 aromatic carbocycles. The molecule has 1 atom stereocenters. The fourth-order valence-corrected chi connectivity index (χ4v) is 7.67. The first-order chi connectivity index (χ1) is 36.0. The molecule has 0 aliphatic heterocycles. The molecule has 0 aromatic rings. The minimum atomic E-state index is -0.826. The van der Waals surface area contributed by atoms with Crippen molar-refractivity contribution < 1.29 is 28.6 Å². The second-order valence-corrected chi connectivity index (χ2v) is 19.2. The molecule has 0 amide bonds. The van der Waals surface area contributed by atoms with Crippen LogP contribution in [0, 0.1) is 0 Å². The molecule has 0 N–H and O–H groups in total. The van der Waals surface area contributed by atoms with Crippen LogP contribution in [0.4, 0.5) is 0 Å². The Bertz CT molecular complexity index is 1580. The summed E-state index contributed by atoms with van der Waals surface area (Å²) in [6, 6.07) is 0. The van der Waals surface area contributed by atoms with Crippen LogP contribution >= 0.6 is 0 Å². The van der Waals surface area contributed by atoms with Crippen molar-refractivity contribution in [3.05, 3.63) is 134 Å². The number of rotatable bonds is 52. The van der Waals surface area contributed by atoms with Crippen LogP contribution in [0.15, 0.2) is 134 Å². The van der Waals surface area contributed by atoms with Crippen LogP contribution in [0.1, 0.15) is 252 Å². The van der Waals surface area contributed by atoms with Crippen molar-refractivity contribution in [3.63, 3.8) is 0 Å². The monoisotopic (exact) mass is 1010 g/mol. The Morgan fingerprint density at radius 3 is 0.904 bits per heavy atom. The Labute approximate surface area is 449 Å². The minimum Gasteiger partial charge on any atom is -0.462 e. The van der Waals surface area contributed by atoms with E-state index in [1.54, 1.807) is 0 Å². The number of hydrogen-bond donors (Lipinski definition) is 0. The predicted octanol–water partition coefficient (Wildman–Crippen LogP) is 20.2. The van der Waals surface area contributed by atoms with Crippen LogP contribution < -0.4 is 0 Å². The van der Waals surface area contributed by atoms with Crippen LogP contribution in [0.25, 0.3) is 0 Å². The Kier molecular flexibility index (Phi) is 56.4. The molecular weight excluding hydrogens is 901 g/mol. The maximum Gasteiger partial charge on any atom is 0.306 e. The highest BCUT2D eigenvalue weighted by Gasteiger charge is 2.19. The van der Waals surface area contributed by atoms with Crippen LogP contribution in [-0.2, 0) is 28.6 Å². The molecule has 0 bridgehead atoms. The molecule has 0 spiro atoms. The molecule has 6 heteroatoms. The summed E-state index contributed by atoms with van der Waals surface area (Å²) in [4.78, 5) is 38.2. The number of carbonyl (C=O) groups is 3. The zero-order chi connectivity index (χ0) is 52.9. The van der Waals surface area contributed by atoms with Gasteiger partial charge in [-0.2, -0.15) is 0 Å². The Balaban J connectivity index is 4.55. The standard InChI is InChI=1S/C67H108O6/c1-4-7-10-13-16-19-22-25-28-31-33-36-39-42-45-48-51-54-57-60-66(69)72-63-64(62-71-65(68)59-56-53-50-47-44-41-38-35-30-27-24-21-18-15-12-9-6-3)73-67(70)61-58-55-52-49-46-43-40-37-34-32-29-26-23-20-17-14-11-8-5-2/h9,12,16-21,25-30,34,37-38,41,43,46-47,50,64H,4-8,10-11,13-15,22-24,31-33,35-36,39-40,42,44-45,48-49,51-63H2,1-3H3/b12-9-,19-16-,20-17-,21-18-,28-25-,29-26-,30-27-,37-34-,41-38-,46-43-,50-47-/t64-/m1/s1. The van der Waals surface area contributed by atoms with Gasteiger partial charge in [0.05, 0.1) is 0 Å². The summed E-state index contributed by atoms with van der Waals surface area (Å²) in [5.74, 6) is -1.01. The van der Waals surface area contributed by atoms with Gasteiger partial charge in [0.15, 0.2) is 6.10 Å². The van der Waals surface area contributed by atoms with Gasteiger partial charge in [0, 0.05) is 19.3 Å². The van der Waals surface area contributed by atoms with Crippen molar-refractivity contribution in [1.82, 2.24) is 0 Å². The zero-order valence-electron chi connectivity index (χ0n) is 47.1. The normalized spacial score (nSPS) is 13.1. The van der Waals surface area contributed by atoms with Crippen molar-refractivity contribution in [3.8, 4) is 0 Å². The summed E-state index contributed by atoms with van der Waals surface area (Å²) in [6.07, 6.45) is 84.4. The van der Waals surface area contributed by atoms with Gasteiger partial charge in [-0.25, -0.2) is 0 Å². The second kappa shape index (κ2) is 60.1. The fourth-order valence-electron chi connectivity index (χ4n) is 7.67. The van der Waals surface area contributed by atoms with Crippen molar-refractivity contribution in [2.45, 2.75) is 258 Å². The molecule has 73 heavy (non-hydrogen) atoms. The summed E-state index contributed by atoms with van der Waals surface area (Å²) in [7, 11) is 0. The quantitative estimate of drug-likeness (QED) is 0.0261. The van der Waals surface area contributed by atoms with Gasteiger partial charge in [0.25, 0.3) is 0 Å². The number of hydrogen-bond acceptors (Lipinski definition) is 6. The molecule has 0 saturated carbocycles. The third-order valence-corrected chi connectivity index (χ3v) is 12.1. The van der Waals surface area contributed by atoms with E-state index in [-0.39, 0.29) is 44.0 Å². The maximum atomic E-state index is 12.9. The van der Waals surface area contributed by atoms with Crippen molar-refractivity contribution >= 4 is 17.9 Å². The lowest BCUT2D eigenvalue weighted by molar-refractivity contribution is -0.167. The number of ether oxygens (including phenoxy) is 3. The van der Waals surface area contributed by atoms with Crippen LogP contribution in [0.2, 0.25) is 0 Å². The first-order valence-electron chi connectivity index (χ1n) is 29.7. The lowest BCUT2D eigenvalue weighted by Gasteiger charge is -2.18. The summed E-state index contributed by atoms with van der Waals surface area (Å²) >= 11 is 0. The van der Waals surface area contributed by atoms with Crippen LogP contribution in [0.3, 0.4) is 0 Å². The van der Waals surface area contributed by atoms with E-state index in [1.165, 1.54) is 96.3 Å². The largest absolute Gasteiger partial charge is 0.462 e. The van der Waals surface area contributed by atoms with Crippen LogP contribution in [0.5, 0.6) is 0 Å². The lowest BCUT2D eigenvalue weighted by Crippen LogP contribution is -2.30. The van der Waals surface area contributed by atoms with E-state index in [9.17, 15) is 14.4 Å². The highest BCUT2D eigenvalue weighted by molar-refractivity contribution is 5.71. The van der Waals surface area contributed by atoms with Crippen molar-refractivity contribution in [1.29, 1.82) is 0 Å². The molecule has 0 fully saturated rings. The van der Waals surface area contributed by atoms with Gasteiger partial charge in [-0.05, 0) is 135 Å². The van der Waals surface area contributed by atoms with E-state index in [2.05, 4.69) is 154 Å². The Hall–Kier alpha value is -4.45. The molecule has 0 aliphatic carbocycles. The highest BCUT2D eigenvalue weighted by Crippen LogP contribution is 2.14. The number of esters is 3. The second-order valence-electron chi connectivity index (χ2n) is 19.2. The van der Waals surface area contributed by atoms with Crippen LogP contribution in [-0.4, -0.2) is 37.2 Å². The fraction of sp³-hybridized carbons (Fsp3) is 0.627. The van der Waals surface area contributed by atoms with Gasteiger partial charge in [-0.15, -0.1) is 0 Å². The van der Waals surface area contributed by atoms with E-state index >= 15 is 0 Å². The molecule has 0 saturated heterocycles. The van der Waals surface area contributed by atoms with Gasteiger partial charge < -0.3 is 14.2 Å². The molecule has 0 aromatic heterocycles. The topological polar surface area (TPSA) is 78.9 Å². The number of allylic oxidation sites excluding steroid dienone is 22. The first kappa shape index (κ1) is 68.6. The number of unbranched alkanes of at least 4 members (excludes halogenated alkanes) is 19. The van der Waals surface area contributed by atoms with Gasteiger partial charge in [-0.1, -0.05) is 231 Å². The smallest absolute Gasteiger partial charge is 0.306 e. The van der Waals surface area contributed by atoms with Crippen molar-refractivity contribution in [2.75, 3.05) is 13.2 Å². The van der Waals surface area contributed by atoms with E-state index in [0.29, 0.717) is 19.3 Å². The predicted molar refractivity (Wildman–Crippen MR) is 316 cm³/mol. The first-order valence-corrected chi connectivity index (χ1v) is 29.7. The third kappa shape index (κ3) is 58.3. The summed E-state index contributed by atoms with van der Waals surface area (Å²) < 4.78 is 16.8. The molecule has 412 valence electrons. The van der Waals surface area contributed by atoms with Crippen molar-refractivity contribution in [2.24, 2.45) is 0 Å². The van der Waals surface area contributed by atoms with Gasteiger partial charge in [0.1, 0.15) is 13.2 Å². The maximum absolute atomic E-state index is 12.9. The Morgan fingerprint density at radius 2 is 0.548 bits per heavy atom. The molecule has 0 radical (unpaired) electrons. The Morgan fingerprint density at radius 1 is 0.288 bits per heavy atom. The minimum absolute atomic E-state index is 0.115. The summed E-state index contributed by atoms with van der Waals surface area (Å²) in [5, 5.41) is 0. The molecule has 0 aliphatic rings. The van der Waals surface area contributed by atoms with E-state index in [4.69, 9.17) is 14.2 Å². The number of carbonyl (C=O) groups excluding carboxylic acids is 3. The van der Waals surface area contributed by atoms with E-state index in [1.807, 2.05) is 0 Å². The third-order valence-electron chi connectivity index (χ3n) is 12.1. The molecular formula is C67H108O6. The molecule has 0 unspecified atom stereocenters. The summed E-state index contributed by atoms with van der Waals surface area (Å²) in [5.41, 5.74) is 0. The summed E-state index contributed by atoms with van der Waals surface area (Å²) in [6.45, 7) is 6.39. The average molecular weight is 1010 g/mol. The van der Waals surface area contributed by atoms with E-state index < -0.39 is 6.10 Å². The zero-order valence-corrected chi connectivity index (χ0v) is 47.1. The lowest BCUT2D eigenvalue weighted by atomic mass is 10.1.